The van der Waals surface area contributed by atoms with Gasteiger partial charge in [0.05, 0.1) is 15.7 Å². The highest BCUT2D eigenvalue weighted by atomic mass is 32.1. The van der Waals surface area contributed by atoms with Gasteiger partial charge in [0, 0.05) is 85.2 Å². The van der Waals surface area contributed by atoms with Crippen LogP contribution in [0.15, 0.2) is 152 Å². The Hall–Kier alpha value is -5.92. The van der Waals surface area contributed by atoms with Crippen LogP contribution in [0.3, 0.4) is 0 Å². The maximum Gasteiger partial charge on any atom is 0.138 e. The maximum absolute atomic E-state index is 5.07. The number of nitrogens with zero attached hydrogens (tertiary/aromatic N) is 3. The fraction of sp³-hybridized carbons (Fsp3) is 0. The van der Waals surface area contributed by atoms with Crippen LogP contribution < -0.4 is 0 Å². The normalized spacial score (nSPS) is 12.2. The molecule has 0 N–H and O–H groups in total. The standard InChI is InChI=1S/C46H25N3S3/c1-3-7-40-30(5-1)32-13-9-28(21-43(32)50-40)26-11-15-38-34(19-26)35-20-27(29-10-14-33-31-6-2-4-8-41(31)51-44(33)22-29)12-16-39(35)49(38)46-23-36-37-24-47-18-17-42(37)52-45(36)25-48-46/h1-25H. The Morgan fingerprint density at radius 3 is 1.52 bits per heavy atom. The molecule has 0 aliphatic carbocycles. The molecule has 242 valence electrons. The fourth-order valence-electron chi connectivity index (χ4n) is 8.08. The molecular weight excluding hydrogens is 691 g/mol. The van der Waals surface area contributed by atoms with E-state index in [0.717, 1.165) is 16.9 Å². The van der Waals surface area contributed by atoms with E-state index in [2.05, 4.69) is 143 Å². The monoisotopic (exact) mass is 715 g/mol. The number of aromatic nitrogens is 3. The highest BCUT2D eigenvalue weighted by Gasteiger charge is 2.18. The topological polar surface area (TPSA) is 30.7 Å². The van der Waals surface area contributed by atoms with Gasteiger partial charge in [-0.3, -0.25) is 9.55 Å². The van der Waals surface area contributed by atoms with Crippen molar-refractivity contribution in [2.45, 2.75) is 0 Å². The molecule has 6 heterocycles. The lowest BCUT2D eigenvalue weighted by Crippen LogP contribution is -1.96. The van der Waals surface area contributed by atoms with Gasteiger partial charge in [-0.05, 0) is 82.9 Å². The summed E-state index contributed by atoms with van der Waals surface area (Å²) in [7, 11) is 0. The summed E-state index contributed by atoms with van der Waals surface area (Å²) in [6, 6.07) is 49.4. The Labute approximate surface area is 309 Å². The van der Waals surface area contributed by atoms with Crippen LogP contribution in [-0.4, -0.2) is 14.5 Å². The molecule has 6 aromatic heterocycles. The Bertz CT molecular complexity index is 3260. The quantitative estimate of drug-likeness (QED) is 0.182. The zero-order valence-corrected chi connectivity index (χ0v) is 29.9. The van der Waals surface area contributed by atoms with Crippen molar-refractivity contribution >= 4 is 116 Å². The number of fused-ring (bicyclic) bond motifs is 12. The van der Waals surface area contributed by atoms with Crippen molar-refractivity contribution in [2.75, 3.05) is 0 Å². The van der Waals surface area contributed by atoms with Crippen LogP contribution in [0.1, 0.15) is 0 Å². The molecule has 0 amide bonds. The van der Waals surface area contributed by atoms with Crippen LogP contribution in [0, 0.1) is 0 Å². The van der Waals surface area contributed by atoms with Crippen LogP contribution in [0.5, 0.6) is 0 Å². The summed E-state index contributed by atoms with van der Waals surface area (Å²) in [5.74, 6) is 0.912. The number of hydrogen-bond acceptors (Lipinski definition) is 5. The van der Waals surface area contributed by atoms with Crippen LogP contribution in [0.4, 0.5) is 0 Å². The molecule has 0 atom stereocenters. The van der Waals surface area contributed by atoms with E-state index in [-0.39, 0.29) is 0 Å². The molecular formula is C46H25N3S3. The summed E-state index contributed by atoms with van der Waals surface area (Å²) in [5, 5.41) is 10.1. The van der Waals surface area contributed by atoms with Crippen molar-refractivity contribution in [1.82, 2.24) is 14.5 Å². The minimum atomic E-state index is 0.912. The maximum atomic E-state index is 5.07. The smallest absolute Gasteiger partial charge is 0.138 e. The van der Waals surface area contributed by atoms with Crippen LogP contribution in [0.2, 0.25) is 0 Å². The van der Waals surface area contributed by atoms with Gasteiger partial charge in [0.15, 0.2) is 0 Å². The molecule has 52 heavy (non-hydrogen) atoms. The molecule has 6 heteroatoms. The first kappa shape index (κ1) is 28.7. The van der Waals surface area contributed by atoms with E-state index in [0.29, 0.717) is 0 Å². The molecule has 0 aliphatic rings. The first-order valence-electron chi connectivity index (χ1n) is 17.3. The number of benzene rings is 6. The van der Waals surface area contributed by atoms with Crippen molar-refractivity contribution in [3.63, 3.8) is 0 Å². The van der Waals surface area contributed by atoms with Crippen molar-refractivity contribution in [2.24, 2.45) is 0 Å². The average molecular weight is 716 g/mol. The molecule has 0 fully saturated rings. The minimum absolute atomic E-state index is 0.912. The number of thiophene rings is 3. The second-order valence-electron chi connectivity index (χ2n) is 13.4. The van der Waals surface area contributed by atoms with E-state index in [9.17, 15) is 0 Å². The van der Waals surface area contributed by atoms with Gasteiger partial charge in [0.1, 0.15) is 5.82 Å². The molecule has 12 rings (SSSR count). The lowest BCUT2D eigenvalue weighted by Gasteiger charge is -2.08. The predicted molar refractivity (Wildman–Crippen MR) is 226 cm³/mol. The molecule has 0 unspecified atom stereocenters. The van der Waals surface area contributed by atoms with E-state index in [1.807, 2.05) is 41.3 Å². The van der Waals surface area contributed by atoms with Gasteiger partial charge >= 0.3 is 0 Å². The Kier molecular flexibility index (Phi) is 5.97. The lowest BCUT2D eigenvalue weighted by molar-refractivity contribution is 1.09. The molecule has 0 saturated carbocycles. The van der Waals surface area contributed by atoms with Crippen molar-refractivity contribution in [3.8, 4) is 28.1 Å². The summed E-state index contributed by atoms with van der Waals surface area (Å²) in [6.07, 6.45) is 5.87. The Morgan fingerprint density at radius 2 is 0.885 bits per heavy atom. The minimum Gasteiger partial charge on any atom is -0.294 e. The third-order valence-corrected chi connectivity index (χ3v) is 14.0. The molecule has 6 aromatic carbocycles. The summed E-state index contributed by atoms with van der Waals surface area (Å²) in [4.78, 5) is 9.52. The molecule has 0 radical (unpaired) electrons. The average Bonchev–Trinajstić information content (AvgIpc) is 3.95. The molecule has 0 aliphatic heterocycles. The first-order chi connectivity index (χ1) is 25.7. The van der Waals surface area contributed by atoms with Crippen molar-refractivity contribution < 1.29 is 0 Å². The zero-order valence-electron chi connectivity index (χ0n) is 27.5. The van der Waals surface area contributed by atoms with E-state index in [1.165, 1.54) is 93.5 Å². The van der Waals surface area contributed by atoms with Crippen molar-refractivity contribution in [3.05, 3.63) is 152 Å². The molecule has 3 nitrogen and oxygen atoms in total. The Morgan fingerprint density at radius 1 is 0.365 bits per heavy atom. The number of hydrogen-bond donors (Lipinski definition) is 0. The highest BCUT2D eigenvalue weighted by Crippen LogP contribution is 2.42. The van der Waals surface area contributed by atoms with E-state index in [1.54, 1.807) is 11.3 Å². The van der Waals surface area contributed by atoms with Gasteiger partial charge in [-0.2, -0.15) is 0 Å². The third-order valence-electron chi connectivity index (χ3n) is 10.6. The van der Waals surface area contributed by atoms with Gasteiger partial charge < -0.3 is 0 Å². The summed E-state index contributed by atoms with van der Waals surface area (Å²) < 4.78 is 10.0. The summed E-state index contributed by atoms with van der Waals surface area (Å²) in [6.45, 7) is 0. The summed E-state index contributed by atoms with van der Waals surface area (Å²) >= 11 is 5.50. The zero-order chi connectivity index (χ0) is 33.9. The van der Waals surface area contributed by atoms with Gasteiger partial charge in [-0.25, -0.2) is 4.98 Å². The van der Waals surface area contributed by atoms with Gasteiger partial charge in [0.25, 0.3) is 0 Å². The van der Waals surface area contributed by atoms with Crippen LogP contribution >= 0.6 is 34.0 Å². The lowest BCUT2D eigenvalue weighted by atomic mass is 9.99. The second kappa shape index (κ2) is 10.8. The fourth-order valence-corrected chi connectivity index (χ4v) is 11.4. The van der Waals surface area contributed by atoms with Gasteiger partial charge in [-0.1, -0.05) is 72.8 Å². The van der Waals surface area contributed by atoms with E-state index < -0.39 is 0 Å². The van der Waals surface area contributed by atoms with Crippen LogP contribution in [0.25, 0.3) is 110 Å². The second-order valence-corrected chi connectivity index (χ2v) is 16.7. The molecule has 0 bridgehead atoms. The third kappa shape index (κ3) is 4.17. The molecule has 0 saturated heterocycles. The van der Waals surface area contributed by atoms with Crippen molar-refractivity contribution in [1.29, 1.82) is 0 Å². The molecule has 12 aromatic rings. The summed E-state index contributed by atoms with van der Waals surface area (Å²) in [5.41, 5.74) is 7.16. The highest BCUT2D eigenvalue weighted by molar-refractivity contribution is 7.26. The van der Waals surface area contributed by atoms with E-state index >= 15 is 0 Å². The van der Waals surface area contributed by atoms with Gasteiger partial charge in [-0.15, -0.1) is 34.0 Å². The van der Waals surface area contributed by atoms with Gasteiger partial charge in [0.2, 0.25) is 0 Å². The SMILES string of the molecule is c1ccc2c(c1)sc1cc(-c3ccc4c(c3)c3cc(-c5ccc6c(c5)sc5ccccc56)ccc3n4-c3cc4c(cn3)sc3ccncc34)ccc12. The molecule has 0 spiro atoms. The van der Waals surface area contributed by atoms with E-state index in [4.69, 9.17) is 4.98 Å². The van der Waals surface area contributed by atoms with Crippen LogP contribution in [-0.2, 0) is 0 Å². The number of rotatable bonds is 3. The predicted octanol–water partition coefficient (Wildman–Crippen LogP) is 14.0. The Balaban J connectivity index is 1.09. The number of pyridine rings is 2. The first-order valence-corrected chi connectivity index (χ1v) is 19.7. The largest absolute Gasteiger partial charge is 0.294 e.